The van der Waals surface area contributed by atoms with Gasteiger partial charge in [0.05, 0.1) is 10.7 Å². The molecule has 0 amide bonds. The van der Waals surface area contributed by atoms with Crippen LogP contribution in [0.2, 0.25) is 0 Å². The largest absolute Gasteiger partial charge is 0.439 e. The van der Waals surface area contributed by atoms with Gasteiger partial charge in [-0.3, -0.25) is 0 Å². The molecular formula is C15H15BrF2N2O. The number of nitrogens with zero attached hydrogens (tertiary/aromatic N) is 1. The van der Waals surface area contributed by atoms with E-state index in [9.17, 15) is 8.78 Å². The molecule has 2 aromatic rings. The minimum Gasteiger partial charge on any atom is -0.439 e. The molecule has 1 aromatic carbocycles. The fourth-order valence-electron chi connectivity index (χ4n) is 1.74. The Bertz CT molecular complexity index is 623. The zero-order valence-corrected chi connectivity index (χ0v) is 13.1. The summed E-state index contributed by atoms with van der Waals surface area (Å²) in [6.07, 6.45) is 2.07. The Labute approximate surface area is 130 Å². The molecule has 0 aliphatic heterocycles. The van der Waals surface area contributed by atoms with E-state index in [4.69, 9.17) is 4.74 Å². The number of rotatable bonds is 6. The average Bonchev–Trinajstić information content (AvgIpc) is 2.46. The summed E-state index contributed by atoms with van der Waals surface area (Å²) in [7, 11) is 0. The van der Waals surface area contributed by atoms with Crippen molar-refractivity contribution in [3.63, 3.8) is 0 Å². The molecule has 21 heavy (non-hydrogen) atoms. The van der Waals surface area contributed by atoms with Gasteiger partial charge in [-0.15, -0.1) is 0 Å². The minimum absolute atomic E-state index is 0.299. The normalized spacial score (nSPS) is 10.7. The Kier molecular flexibility index (Phi) is 5.64. The lowest BCUT2D eigenvalue weighted by Crippen LogP contribution is -2.15. The molecule has 0 saturated carbocycles. The van der Waals surface area contributed by atoms with Crippen LogP contribution < -0.4 is 10.1 Å². The van der Waals surface area contributed by atoms with Crippen molar-refractivity contribution in [2.45, 2.75) is 19.9 Å². The molecule has 0 atom stereocenters. The fraction of sp³-hybridized carbons (Fsp3) is 0.267. The van der Waals surface area contributed by atoms with Crippen LogP contribution in [0.3, 0.4) is 0 Å². The summed E-state index contributed by atoms with van der Waals surface area (Å²) in [4.78, 5) is 3.96. The highest BCUT2D eigenvalue weighted by atomic mass is 79.9. The molecular weight excluding hydrogens is 342 g/mol. The second-order valence-corrected chi connectivity index (χ2v) is 5.33. The monoisotopic (exact) mass is 356 g/mol. The predicted molar refractivity (Wildman–Crippen MR) is 80.4 cm³/mol. The molecule has 2 rings (SSSR count). The Balaban J connectivity index is 2.19. The lowest BCUT2D eigenvalue weighted by Gasteiger charge is -2.11. The van der Waals surface area contributed by atoms with Crippen molar-refractivity contribution in [1.29, 1.82) is 0 Å². The van der Waals surface area contributed by atoms with Crippen molar-refractivity contribution < 1.29 is 13.5 Å². The van der Waals surface area contributed by atoms with Crippen molar-refractivity contribution in [3.05, 3.63) is 52.1 Å². The molecule has 112 valence electrons. The van der Waals surface area contributed by atoms with Crippen molar-refractivity contribution in [2.24, 2.45) is 0 Å². The third-order valence-corrected chi connectivity index (χ3v) is 3.35. The van der Waals surface area contributed by atoms with Crippen molar-refractivity contribution in [1.82, 2.24) is 10.3 Å². The van der Waals surface area contributed by atoms with Gasteiger partial charge >= 0.3 is 0 Å². The van der Waals surface area contributed by atoms with Gasteiger partial charge in [0.1, 0.15) is 17.4 Å². The molecule has 0 spiro atoms. The lowest BCUT2D eigenvalue weighted by atomic mass is 10.2. The van der Waals surface area contributed by atoms with E-state index < -0.39 is 5.82 Å². The van der Waals surface area contributed by atoms with Crippen LogP contribution in [-0.4, -0.2) is 11.5 Å². The number of nitrogens with one attached hydrogen (secondary N) is 1. The number of benzene rings is 1. The summed E-state index contributed by atoms with van der Waals surface area (Å²) in [5, 5.41) is 3.17. The van der Waals surface area contributed by atoms with E-state index in [-0.39, 0.29) is 5.82 Å². The molecule has 1 N–H and O–H groups in total. The van der Waals surface area contributed by atoms with Gasteiger partial charge in [-0.05, 0) is 53.2 Å². The second-order valence-electron chi connectivity index (χ2n) is 4.47. The Morgan fingerprint density at radius 3 is 2.81 bits per heavy atom. The highest BCUT2D eigenvalue weighted by Crippen LogP contribution is 2.27. The Morgan fingerprint density at radius 1 is 1.29 bits per heavy atom. The quantitative estimate of drug-likeness (QED) is 0.778. The first-order chi connectivity index (χ1) is 10.1. The predicted octanol–water partition coefficient (Wildman–Crippen LogP) is 4.41. The first kappa shape index (κ1) is 15.9. The molecule has 0 fully saturated rings. The van der Waals surface area contributed by atoms with Crippen LogP contribution >= 0.6 is 15.9 Å². The molecule has 1 heterocycles. The van der Waals surface area contributed by atoms with E-state index in [1.54, 1.807) is 0 Å². The first-order valence-corrected chi connectivity index (χ1v) is 7.37. The highest BCUT2D eigenvalue weighted by molar-refractivity contribution is 9.10. The van der Waals surface area contributed by atoms with Gasteiger partial charge in [0, 0.05) is 12.1 Å². The van der Waals surface area contributed by atoms with E-state index in [0.29, 0.717) is 28.2 Å². The molecule has 0 bridgehead atoms. The highest BCUT2D eigenvalue weighted by Gasteiger charge is 2.09. The maximum atomic E-state index is 13.3. The van der Waals surface area contributed by atoms with E-state index in [2.05, 4.69) is 26.2 Å². The van der Waals surface area contributed by atoms with E-state index in [0.717, 1.165) is 19.2 Å². The molecule has 0 radical (unpaired) electrons. The SMILES string of the molecule is CCCNCc1cc(F)cnc1Oc1ccc(F)c(Br)c1. The van der Waals surface area contributed by atoms with Crippen LogP contribution in [-0.2, 0) is 6.54 Å². The summed E-state index contributed by atoms with van der Waals surface area (Å²) in [6.45, 7) is 3.32. The number of hydrogen-bond acceptors (Lipinski definition) is 3. The first-order valence-electron chi connectivity index (χ1n) is 6.58. The third kappa shape index (κ3) is 4.47. The van der Waals surface area contributed by atoms with Gasteiger partial charge in [0.25, 0.3) is 0 Å². The zero-order chi connectivity index (χ0) is 15.2. The smallest absolute Gasteiger partial charge is 0.223 e. The summed E-state index contributed by atoms with van der Waals surface area (Å²) >= 11 is 3.09. The van der Waals surface area contributed by atoms with Crippen molar-refractivity contribution >= 4 is 15.9 Å². The van der Waals surface area contributed by atoms with Gasteiger partial charge in [-0.2, -0.15) is 0 Å². The maximum Gasteiger partial charge on any atom is 0.223 e. The van der Waals surface area contributed by atoms with Gasteiger partial charge in [-0.25, -0.2) is 13.8 Å². The molecule has 0 aliphatic carbocycles. The lowest BCUT2D eigenvalue weighted by molar-refractivity contribution is 0.446. The average molecular weight is 357 g/mol. The van der Waals surface area contributed by atoms with Gasteiger partial charge in [-0.1, -0.05) is 6.92 Å². The van der Waals surface area contributed by atoms with Crippen LogP contribution in [0.1, 0.15) is 18.9 Å². The number of hydrogen-bond donors (Lipinski definition) is 1. The van der Waals surface area contributed by atoms with Gasteiger partial charge in [0.2, 0.25) is 5.88 Å². The van der Waals surface area contributed by atoms with Crippen LogP contribution in [0, 0.1) is 11.6 Å². The van der Waals surface area contributed by atoms with Crippen LogP contribution in [0.4, 0.5) is 8.78 Å². The molecule has 0 aliphatic rings. The number of aromatic nitrogens is 1. The summed E-state index contributed by atoms with van der Waals surface area (Å²) < 4.78 is 32.4. The van der Waals surface area contributed by atoms with Gasteiger partial charge in [0.15, 0.2) is 0 Å². The van der Waals surface area contributed by atoms with Crippen LogP contribution in [0.25, 0.3) is 0 Å². The summed E-state index contributed by atoms with van der Waals surface area (Å²) in [5.74, 6) is -0.0622. The zero-order valence-electron chi connectivity index (χ0n) is 11.5. The Hall–Kier alpha value is -1.53. The fourth-order valence-corrected chi connectivity index (χ4v) is 2.10. The van der Waals surface area contributed by atoms with E-state index >= 15 is 0 Å². The topological polar surface area (TPSA) is 34.2 Å². The number of ether oxygens (including phenoxy) is 1. The van der Waals surface area contributed by atoms with Crippen molar-refractivity contribution in [3.8, 4) is 11.6 Å². The van der Waals surface area contributed by atoms with Crippen LogP contribution in [0.15, 0.2) is 34.9 Å². The van der Waals surface area contributed by atoms with Gasteiger partial charge < -0.3 is 10.1 Å². The molecule has 6 heteroatoms. The molecule has 0 unspecified atom stereocenters. The molecule has 1 aromatic heterocycles. The summed E-state index contributed by atoms with van der Waals surface area (Å²) in [5.41, 5.74) is 0.615. The maximum absolute atomic E-state index is 13.3. The number of pyridine rings is 1. The van der Waals surface area contributed by atoms with E-state index in [1.807, 2.05) is 6.92 Å². The standard InChI is InChI=1S/C15H15BrF2N2O/c1-2-5-19-8-10-6-11(17)9-20-15(10)21-12-3-4-14(18)13(16)7-12/h3-4,6-7,9,19H,2,5,8H2,1H3. The number of halogens is 3. The minimum atomic E-state index is -0.420. The second kappa shape index (κ2) is 7.47. The summed E-state index contributed by atoms with van der Waals surface area (Å²) in [6, 6.07) is 5.67. The van der Waals surface area contributed by atoms with Crippen LogP contribution in [0.5, 0.6) is 11.6 Å². The molecule has 0 saturated heterocycles. The Morgan fingerprint density at radius 2 is 2.10 bits per heavy atom. The van der Waals surface area contributed by atoms with Crippen molar-refractivity contribution in [2.75, 3.05) is 6.54 Å². The molecule has 3 nitrogen and oxygen atoms in total. The third-order valence-electron chi connectivity index (χ3n) is 2.74. The van der Waals surface area contributed by atoms with E-state index in [1.165, 1.54) is 24.3 Å².